The van der Waals surface area contributed by atoms with E-state index in [1.165, 1.54) is 12.8 Å². The number of benzene rings is 1. The van der Waals surface area contributed by atoms with Gasteiger partial charge in [-0.25, -0.2) is 4.79 Å². The van der Waals surface area contributed by atoms with Crippen LogP contribution in [0, 0.1) is 13.8 Å². The van der Waals surface area contributed by atoms with Gasteiger partial charge in [-0.05, 0) is 43.9 Å². The number of nitrogens with zero attached hydrogens (tertiary/aromatic N) is 3. The van der Waals surface area contributed by atoms with E-state index in [1.807, 2.05) is 38.1 Å². The lowest BCUT2D eigenvalue weighted by Crippen LogP contribution is -2.33. The zero-order valence-electron chi connectivity index (χ0n) is 15.4. The molecule has 26 heavy (non-hydrogen) atoms. The summed E-state index contributed by atoms with van der Waals surface area (Å²) in [4.78, 5) is 14.3. The first-order valence-corrected chi connectivity index (χ1v) is 9.06. The zero-order chi connectivity index (χ0) is 18.4. The molecule has 1 aliphatic heterocycles. The largest absolute Gasteiger partial charge is 0.370 e. The molecule has 7 heteroatoms. The van der Waals surface area contributed by atoms with Crippen molar-refractivity contribution >= 4 is 23.2 Å². The normalized spacial score (nSPS) is 13.5. The molecule has 0 bridgehead atoms. The van der Waals surface area contributed by atoms with Crippen molar-refractivity contribution in [1.82, 2.24) is 15.5 Å². The third kappa shape index (κ3) is 4.62. The number of anilines is 3. The lowest BCUT2D eigenvalue weighted by atomic mass is 10.1. The number of amides is 2. The van der Waals surface area contributed by atoms with Crippen LogP contribution in [0.25, 0.3) is 0 Å². The number of carbonyl (C=O) groups excluding carboxylic acids is 1. The number of aromatic nitrogens is 2. The van der Waals surface area contributed by atoms with E-state index in [0.717, 1.165) is 41.4 Å². The number of aryl methyl sites for hydroxylation is 1. The molecule has 1 aromatic carbocycles. The fourth-order valence-corrected chi connectivity index (χ4v) is 3.01. The summed E-state index contributed by atoms with van der Waals surface area (Å²) in [7, 11) is 0. The Bertz CT molecular complexity index is 757. The van der Waals surface area contributed by atoms with Gasteiger partial charge in [0.25, 0.3) is 0 Å². The van der Waals surface area contributed by atoms with Gasteiger partial charge in [0.05, 0.1) is 11.9 Å². The van der Waals surface area contributed by atoms with E-state index in [4.69, 9.17) is 0 Å². The second-order valence-corrected chi connectivity index (χ2v) is 6.55. The standard InChI is InChI=1S/C19H26N6O/c1-14-6-5-7-17(15(14)2)23-19(26)21-9-8-20-18-12-16(13-22-24-18)25-10-3-4-11-25/h5-7,12-13H,3-4,8-11H2,1-2H3,(H,20,24)(H2,21,23,26). The van der Waals surface area contributed by atoms with E-state index in [9.17, 15) is 4.79 Å². The summed E-state index contributed by atoms with van der Waals surface area (Å²) in [5.41, 5.74) is 4.16. The maximum atomic E-state index is 12.0. The van der Waals surface area contributed by atoms with Crippen molar-refractivity contribution in [2.24, 2.45) is 0 Å². The maximum absolute atomic E-state index is 12.0. The minimum absolute atomic E-state index is 0.211. The minimum Gasteiger partial charge on any atom is -0.370 e. The van der Waals surface area contributed by atoms with Crippen LogP contribution in [0.4, 0.5) is 22.0 Å². The van der Waals surface area contributed by atoms with Gasteiger partial charge in [-0.15, -0.1) is 5.10 Å². The Hall–Kier alpha value is -2.83. The average molecular weight is 354 g/mol. The quantitative estimate of drug-likeness (QED) is 0.695. The highest BCUT2D eigenvalue weighted by Crippen LogP contribution is 2.20. The SMILES string of the molecule is Cc1cccc(NC(=O)NCCNc2cc(N3CCCC3)cnn2)c1C. The van der Waals surface area contributed by atoms with E-state index < -0.39 is 0 Å². The predicted molar refractivity (Wildman–Crippen MR) is 105 cm³/mol. The molecule has 1 aliphatic rings. The first-order valence-electron chi connectivity index (χ1n) is 9.06. The molecule has 1 aromatic heterocycles. The molecule has 0 aliphatic carbocycles. The predicted octanol–water partition coefficient (Wildman–Crippen LogP) is 2.93. The van der Waals surface area contributed by atoms with Crippen molar-refractivity contribution < 1.29 is 4.79 Å². The van der Waals surface area contributed by atoms with E-state index >= 15 is 0 Å². The highest BCUT2D eigenvalue weighted by atomic mass is 16.2. The molecule has 1 fully saturated rings. The number of urea groups is 1. The van der Waals surface area contributed by atoms with Gasteiger partial charge in [-0.3, -0.25) is 0 Å². The summed E-state index contributed by atoms with van der Waals surface area (Å²) in [5.74, 6) is 0.728. The van der Waals surface area contributed by atoms with E-state index in [0.29, 0.717) is 13.1 Å². The van der Waals surface area contributed by atoms with Crippen molar-refractivity contribution in [3.8, 4) is 0 Å². The molecule has 2 aromatic rings. The smallest absolute Gasteiger partial charge is 0.319 e. The molecule has 1 saturated heterocycles. The third-order valence-electron chi connectivity index (χ3n) is 4.68. The fraction of sp³-hybridized carbons (Fsp3) is 0.421. The number of hydrogen-bond acceptors (Lipinski definition) is 5. The summed E-state index contributed by atoms with van der Waals surface area (Å²) < 4.78 is 0. The van der Waals surface area contributed by atoms with Crippen LogP contribution in [0.15, 0.2) is 30.5 Å². The molecule has 3 N–H and O–H groups in total. The Morgan fingerprint density at radius 2 is 2.00 bits per heavy atom. The number of hydrogen-bond donors (Lipinski definition) is 3. The van der Waals surface area contributed by atoms with Gasteiger partial charge < -0.3 is 20.9 Å². The molecule has 0 atom stereocenters. The lowest BCUT2D eigenvalue weighted by Gasteiger charge is -2.17. The van der Waals surface area contributed by atoms with Crippen molar-refractivity contribution in [1.29, 1.82) is 0 Å². The summed E-state index contributed by atoms with van der Waals surface area (Å²) in [6.45, 7) is 7.25. The Labute approximate surface area is 154 Å². The second kappa shape index (κ2) is 8.51. The van der Waals surface area contributed by atoms with Gasteiger partial charge >= 0.3 is 6.03 Å². The van der Waals surface area contributed by atoms with Gasteiger partial charge in [0.15, 0.2) is 5.82 Å². The van der Waals surface area contributed by atoms with E-state index in [1.54, 1.807) is 6.20 Å². The molecule has 0 spiro atoms. The topological polar surface area (TPSA) is 82.2 Å². The molecule has 2 heterocycles. The lowest BCUT2D eigenvalue weighted by molar-refractivity contribution is 0.252. The van der Waals surface area contributed by atoms with E-state index in [-0.39, 0.29) is 6.03 Å². The summed E-state index contributed by atoms with van der Waals surface area (Å²) in [6, 6.07) is 7.66. The van der Waals surface area contributed by atoms with Crippen molar-refractivity contribution in [3.05, 3.63) is 41.6 Å². The highest BCUT2D eigenvalue weighted by molar-refractivity contribution is 5.90. The second-order valence-electron chi connectivity index (χ2n) is 6.55. The van der Waals surface area contributed by atoms with Crippen LogP contribution in [-0.4, -0.2) is 42.4 Å². The number of carbonyl (C=O) groups is 1. The molecular formula is C19H26N6O. The number of nitrogens with one attached hydrogen (secondary N) is 3. The molecular weight excluding hydrogens is 328 g/mol. The average Bonchev–Trinajstić information content (AvgIpc) is 3.18. The number of rotatable bonds is 6. The summed E-state index contributed by atoms with van der Waals surface area (Å²) in [6.07, 6.45) is 4.25. The van der Waals surface area contributed by atoms with Gasteiger partial charge in [0, 0.05) is 37.9 Å². The molecule has 138 valence electrons. The van der Waals surface area contributed by atoms with Crippen molar-refractivity contribution in [2.45, 2.75) is 26.7 Å². The fourth-order valence-electron chi connectivity index (χ4n) is 3.01. The van der Waals surface area contributed by atoms with Crippen LogP contribution >= 0.6 is 0 Å². The Kier molecular flexibility index (Phi) is 5.88. The van der Waals surface area contributed by atoms with Crippen LogP contribution in [-0.2, 0) is 0 Å². The Morgan fingerprint density at radius 3 is 2.81 bits per heavy atom. The Balaban J connectivity index is 1.43. The Morgan fingerprint density at radius 1 is 1.19 bits per heavy atom. The van der Waals surface area contributed by atoms with E-state index in [2.05, 4.69) is 31.0 Å². The van der Waals surface area contributed by atoms with Gasteiger partial charge in [-0.2, -0.15) is 5.10 Å². The maximum Gasteiger partial charge on any atom is 0.319 e. The van der Waals surface area contributed by atoms with Gasteiger partial charge in [0.2, 0.25) is 0 Å². The van der Waals surface area contributed by atoms with Crippen LogP contribution in [0.5, 0.6) is 0 Å². The van der Waals surface area contributed by atoms with Crippen molar-refractivity contribution in [2.75, 3.05) is 41.7 Å². The monoisotopic (exact) mass is 354 g/mol. The first-order chi connectivity index (χ1) is 12.6. The summed E-state index contributed by atoms with van der Waals surface area (Å²) >= 11 is 0. The molecule has 0 unspecified atom stereocenters. The minimum atomic E-state index is -0.211. The molecule has 0 radical (unpaired) electrons. The third-order valence-corrected chi connectivity index (χ3v) is 4.68. The van der Waals surface area contributed by atoms with Crippen molar-refractivity contribution in [3.63, 3.8) is 0 Å². The van der Waals surface area contributed by atoms with Crippen LogP contribution < -0.4 is 20.9 Å². The molecule has 0 saturated carbocycles. The van der Waals surface area contributed by atoms with Crippen LogP contribution in [0.2, 0.25) is 0 Å². The molecule has 7 nitrogen and oxygen atoms in total. The highest BCUT2D eigenvalue weighted by Gasteiger charge is 2.13. The summed E-state index contributed by atoms with van der Waals surface area (Å²) in [5, 5.41) is 17.1. The van der Waals surface area contributed by atoms with Gasteiger partial charge in [0.1, 0.15) is 0 Å². The first kappa shape index (κ1) is 18.0. The molecule has 2 amide bonds. The van der Waals surface area contributed by atoms with Crippen LogP contribution in [0.1, 0.15) is 24.0 Å². The zero-order valence-corrected chi connectivity index (χ0v) is 15.4. The molecule has 3 rings (SSSR count). The van der Waals surface area contributed by atoms with Crippen LogP contribution in [0.3, 0.4) is 0 Å². The van der Waals surface area contributed by atoms with Gasteiger partial charge in [-0.1, -0.05) is 12.1 Å².